The van der Waals surface area contributed by atoms with E-state index in [2.05, 4.69) is 27.2 Å². The van der Waals surface area contributed by atoms with Crippen LogP contribution in [0.25, 0.3) is 0 Å². The van der Waals surface area contributed by atoms with E-state index >= 15 is 0 Å². The van der Waals surface area contributed by atoms with E-state index in [0.717, 1.165) is 12.6 Å². The highest BCUT2D eigenvalue weighted by Crippen LogP contribution is 2.29. The fourth-order valence-corrected chi connectivity index (χ4v) is 4.40. The molecule has 1 aromatic rings. The summed E-state index contributed by atoms with van der Waals surface area (Å²) in [5, 5.41) is 8.54. The molecule has 2 unspecified atom stereocenters. The summed E-state index contributed by atoms with van der Waals surface area (Å²) in [5.74, 6) is 0. The summed E-state index contributed by atoms with van der Waals surface area (Å²) in [6.45, 7) is 3.55. The molecule has 2 aliphatic heterocycles. The van der Waals surface area contributed by atoms with Gasteiger partial charge < -0.3 is 5.32 Å². The molecule has 3 heterocycles. The minimum atomic E-state index is 0.667. The van der Waals surface area contributed by atoms with E-state index < -0.39 is 0 Å². The average molecular weight is 274 g/mol. The first-order valence-electron chi connectivity index (χ1n) is 8.41. The molecule has 2 saturated heterocycles. The lowest BCUT2D eigenvalue weighted by Gasteiger charge is -2.20. The number of aromatic nitrogens is 2. The first-order chi connectivity index (χ1) is 9.90. The second-order valence-corrected chi connectivity index (χ2v) is 6.75. The monoisotopic (exact) mass is 274 g/mol. The van der Waals surface area contributed by atoms with Crippen LogP contribution in [0.4, 0.5) is 0 Å². The zero-order chi connectivity index (χ0) is 13.4. The van der Waals surface area contributed by atoms with Gasteiger partial charge in [-0.1, -0.05) is 12.8 Å². The van der Waals surface area contributed by atoms with Gasteiger partial charge in [0.05, 0.1) is 11.7 Å². The first-order valence-corrected chi connectivity index (χ1v) is 8.41. The van der Waals surface area contributed by atoms with Crippen LogP contribution in [0.1, 0.15) is 56.7 Å². The van der Waals surface area contributed by atoms with Crippen LogP contribution in [0.2, 0.25) is 0 Å². The lowest BCUT2D eigenvalue weighted by Crippen LogP contribution is -2.38. The Balaban J connectivity index is 1.33. The van der Waals surface area contributed by atoms with Crippen molar-refractivity contribution in [1.29, 1.82) is 0 Å². The van der Waals surface area contributed by atoms with Gasteiger partial charge in [0, 0.05) is 31.4 Å². The quantitative estimate of drug-likeness (QED) is 0.915. The van der Waals surface area contributed by atoms with Gasteiger partial charge >= 0.3 is 0 Å². The summed E-state index contributed by atoms with van der Waals surface area (Å²) in [7, 11) is 0. The molecule has 1 aromatic heterocycles. The number of rotatable bonds is 4. The van der Waals surface area contributed by atoms with Gasteiger partial charge in [0.1, 0.15) is 0 Å². The molecule has 3 fully saturated rings. The van der Waals surface area contributed by atoms with Gasteiger partial charge in [0.15, 0.2) is 0 Å². The SMILES string of the molecule is c1cn(C2CCCC2)nc1CNC1CCN2CCCC12. The lowest BCUT2D eigenvalue weighted by atomic mass is 10.1. The second kappa shape index (κ2) is 5.49. The van der Waals surface area contributed by atoms with Crippen LogP contribution in [0.3, 0.4) is 0 Å². The highest BCUT2D eigenvalue weighted by atomic mass is 15.3. The smallest absolute Gasteiger partial charge is 0.0762 e. The van der Waals surface area contributed by atoms with Crippen molar-refractivity contribution in [3.05, 3.63) is 18.0 Å². The summed E-state index contributed by atoms with van der Waals surface area (Å²) in [6.07, 6.45) is 11.6. The van der Waals surface area contributed by atoms with Crippen LogP contribution in [-0.4, -0.2) is 39.9 Å². The van der Waals surface area contributed by atoms with Crippen LogP contribution in [0.15, 0.2) is 12.3 Å². The van der Waals surface area contributed by atoms with Crippen molar-refractivity contribution in [1.82, 2.24) is 20.0 Å². The average Bonchev–Trinajstić information content (AvgIpc) is 3.21. The van der Waals surface area contributed by atoms with Gasteiger partial charge in [-0.3, -0.25) is 9.58 Å². The molecule has 3 aliphatic rings. The maximum Gasteiger partial charge on any atom is 0.0762 e. The van der Waals surface area contributed by atoms with Crippen LogP contribution >= 0.6 is 0 Å². The Labute approximate surface area is 121 Å². The van der Waals surface area contributed by atoms with Crippen molar-refractivity contribution in [3.63, 3.8) is 0 Å². The van der Waals surface area contributed by atoms with Crippen molar-refractivity contribution in [2.45, 2.75) is 69.6 Å². The van der Waals surface area contributed by atoms with E-state index in [1.165, 1.54) is 63.7 Å². The predicted octanol–water partition coefficient (Wildman–Crippen LogP) is 2.32. The third-order valence-electron chi connectivity index (χ3n) is 5.51. The van der Waals surface area contributed by atoms with Crippen molar-refractivity contribution < 1.29 is 0 Å². The Bertz CT molecular complexity index is 449. The maximum absolute atomic E-state index is 4.78. The highest BCUT2D eigenvalue weighted by Gasteiger charge is 2.36. The third kappa shape index (κ3) is 2.40. The summed E-state index contributed by atoms with van der Waals surface area (Å²) in [4.78, 5) is 2.66. The Hall–Kier alpha value is -0.870. The molecule has 20 heavy (non-hydrogen) atoms. The Kier molecular flexibility index (Phi) is 3.52. The van der Waals surface area contributed by atoms with Crippen molar-refractivity contribution in [2.75, 3.05) is 13.1 Å². The molecule has 4 heteroatoms. The van der Waals surface area contributed by atoms with Gasteiger partial charge in [0.25, 0.3) is 0 Å². The standard InChI is InChI=1S/C16H26N4/c1-2-5-14(4-1)20-11-7-13(18-20)12-17-15-8-10-19-9-3-6-16(15)19/h7,11,14-17H,1-6,8-10,12H2. The Morgan fingerprint density at radius 3 is 2.90 bits per heavy atom. The van der Waals surface area contributed by atoms with E-state index in [1.807, 2.05) is 0 Å². The van der Waals surface area contributed by atoms with Crippen LogP contribution in [-0.2, 0) is 6.54 Å². The molecule has 110 valence electrons. The van der Waals surface area contributed by atoms with Gasteiger partial charge in [0.2, 0.25) is 0 Å². The normalized spacial score (nSPS) is 31.2. The molecule has 0 spiro atoms. The van der Waals surface area contributed by atoms with Crippen LogP contribution < -0.4 is 5.32 Å². The fraction of sp³-hybridized carbons (Fsp3) is 0.812. The molecular formula is C16H26N4. The summed E-state index contributed by atoms with van der Waals surface area (Å²) in [5.41, 5.74) is 1.22. The number of nitrogens with zero attached hydrogens (tertiary/aromatic N) is 3. The van der Waals surface area contributed by atoms with E-state index in [1.54, 1.807) is 0 Å². The molecule has 0 radical (unpaired) electrons. The van der Waals surface area contributed by atoms with E-state index in [4.69, 9.17) is 5.10 Å². The molecule has 0 bridgehead atoms. The molecule has 2 atom stereocenters. The Morgan fingerprint density at radius 2 is 2.00 bits per heavy atom. The maximum atomic E-state index is 4.78. The minimum absolute atomic E-state index is 0.667. The number of hydrogen-bond donors (Lipinski definition) is 1. The molecular weight excluding hydrogens is 248 g/mol. The van der Waals surface area contributed by atoms with Crippen LogP contribution in [0, 0.1) is 0 Å². The van der Waals surface area contributed by atoms with Crippen LogP contribution in [0.5, 0.6) is 0 Å². The zero-order valence-electron chi connectivity index (χ0n) is 12.3. The second-order valence-electron chi connectivity index (χ2n) is 6.75. The topological polar surface area (TPSA) is 33.1 Å². The van der Waals surface area contributed by atoms with Crippen molar-refractivity contribution >= 4 is 0 Å². The van der Waals surface area contributed by atoms with E-state index in [-0.39, 0.29) is 0 Å². The summed E-state index contributed by atoms with van der Waals surface area (Å²) in [6, 6.07) is 4.36. The van der Waals surface area contributed by atoms with Gasteiger partial charge in [-0.15, -0.1) is 0 Å². The highest BCUT2D eigenvalue weighted by molar-refractivity contribution is 5.02. The largest absolute Gasteiger partial charge is 0.307 e. The summed E-state index contributed by atoms with van der Waals surface area (Å²) >= 11 is 0. The molecule has 4 rings (SSSR count). The van der Waals surface area contributed by atoms with Gasteiger partial charge in [-0.25, -0.2) is 0 Å². The first kappa shape index (κ1) is 12.8. The molecule has 4 nitrogen and oxygen atoms in total. The van der Waals surface area contributed by atoms with Gasteiger partial charge in [-0.2, -0.15) is 5.10 Å². The van der Waals surface area contributed by atoms with E-state index in [0.29, 0.717) is 12.1 Å². The molecule has 0 amide bonds. The molecule has 0 aromatic carbocycles. The molecule has 1 saturated carbocycles. The molecule has 1 aliphatic carbocycles. The van der Waals surface area contributed by atoms with E-state index in [9.17, 15) is 0 Å². The number of fused-ring (bicyclic) bond motifs is 1. The minimum Gasteiger partial charge on any atom is -0.307 e. The Morgan fingerprint density at radius 1 is 1.10 bits per heavy atom. The van der Waals surface area contributed by atoms with Gasteiger partial charge in [-0.05, 0) is 44.7 Å². The predicted molar refractivity (Wildman–Crippen MR) is 79.6 cm³/mol. The summed E-state index contributed by atoms with van der Waals surface area (Å²) < 4.78 is 2.21. The lowest BCUT2D eigenvalue weighted by molar-refractivity contribution is 0.298. The number of nitrogens with one attached hydrogen (secondary N) is 1. The number of hydrogen-bond acceptors (Lipinski definition) is 3. The van der Waals surface area contributed by atoms with Crippen molar-refractivity contribution in [3.8, 4) is 0 Å². The third-order valence-corrected chi connectivity index (χ3v) is 5.51. The fourth-order valence-electron chi connectivity index (χ4n) is 4.40. The molecule has 1 N–H and O–H groups in total. The van der Waals surface area contributed by atoms with Crippen molar-refractivity contribution in [2.24, 2.45) is 0 Å². The zero-order valence-corrected chi connectivity index (χ0v) is 12.3.